The fourth-order valence-corrected chi connectivity index (χ4v) is 5.30. The van der Waals surface area contributed by atoms with Crippen molar-refractivity contribution in [1.82, 2.24) is 14.5 Å². The van der Waals surface area contributed by atoms with E-state index in [4.69, 9.17) is 11.6 Å². The molecule has 202 valence electrons. The summed E-state index contributed by atoms with van der Waals surface area (Å²) in [6, 6.07) is 22.1. The molecule has 1 atom stereocenters. The molecule has 1 N–H and O–H groups in total. The number of nitrogens with one attached hydrogen (secondary N) is 1. The van der Waals surface area contributed by atoms with Gasteiger partial charge in [-0.25, -0.2) is 8.42 Å². The first-order valence-electron chi connectivity index (χ1n) is 12.5. The maximum absolute atomic E-state index is 13.8. The highest BCUT2D eigenvalue weighted by atomic mass is 35.5. The number of benzene rings is 3. The van der Waals surface area contributed by atoms with Crippen molar-refractivity contribution >= 4 is 33.4 Å². The summed E-state index contributed by atoms with van der Waals surface area (Å²) in [6.07, 6.45) is 1.00. The highest BCUT2D eigenvalue weighted by Gasteiger charge is 2.33. The summed E-state index contributed by atoms with van der Waals surface area (Å²) in [6.45, 7) is 3.89. The van der Waals surface area contributed by atoms with Crippen LogP contribution in [0.25, 0.3) is 0 Å². The number of sulfonamides is 1. The first kappa shape index (κ1) is 29.4. The zero-order chi connectivity index (χ0) is 27.7. The van der Waals surface area contributed by atoms with Crippen molar-refractivity contribution < 1.29 is 18.0 Å². The van der Waals surface area contributed by atoms with Crippen LogP contribution in [-0.2, 0) is 32.6 Å². The molecule has 0 aliphatic heterocycles. The summed E-state index contributed by atoms with van der Waals surface area (Å²) in [4.78, 5) is 28.7. The lowest BCUT2D eigenvalue weighted by atomic mass is 10.0. The van der Waals surface area contributed by atoms with E-state index in [9.17, 15) is 18.0 Å². The van der Waals surface area contributed by atoms with Crippen LogP contribution in [-0.4, -0.2) is 55.6 Å². The van der Waals surface area contributed by atoms with Gasteiger partial charge in [0.15, 0.2) is 0 Å². The molecular weight excluding hydrogens is 522 g/mol. The van der Waals surface area contributed by atoms with Crippen molar-refractivity contribution in [1.29, 1.82) is 0 Å². The van der Waals surface area contributed by atoms with E-state index in [0.29, 0.717) is 17.1 Å². The maximum Gasteiger partial charge on any atom is 0.243 e. The molecule has 7 nitrogen and oxygen atoms in total. The highest BCUT2D eigenvalue weighted by Crippen LogP contribution is 2.22. The number of aryl methyl sites for hydroxylation is 1. The summed E-state index contributed by atoms with van der Waals surface area (Å²) in [5.74, 6) is -0.809. The van der Waals surface area contributed by atoms with Crippen LogP contribution in [0.4, 0.5) is 0 Å². The molecule has 0 heterocycles. The minimum atomic E-state index is -3.93. The summed E-state index contributed by atoms with van der Waals surface area (Å²) in [7, 11) is -2.56. The van der Waals surface area contributed by atoms with Crippen molar-refractivity contribution in [2.24, 2.45) is 0 Å². The lowest BCUT2D eigenvalue weighted by molar-refractivity contribution is -0.141. The third-order valence-corrected chi connectivity index (χ3v) is 8.39. The van der Waals surface area contributed by atoms with E-state index in [1.165, 1.54) is 24.1 Å². The van der Waals surface area contributed by atoms with Crippen molar-refractivity contribution in [3.63, 3.8) is 0 Å². The molecule has 0 aromatic heterocycles. The Kier molecular flexibility index (Phi) is 10.5. The average Bonchev–Trinajstić information content (AvgIpc) is 2.91. The van der Waals surface area contributed by atoms with E-state index < -0.39 is 28.5 Å². The van der Waals surface area contributed by atoms with Crippen LogP contribution in [0.15, 0.2) is 83.8 Å². The number of likely N-dealkylation sites (N-methyl/N-ethyl adjacent to an activating group) is 1. The molecule has 0 aliphatic carbocycles. The van der Waals surface area contributed by atoms with Crippen LogP contribution < -0.4 is 5.32 Å². The molecule has 0 spiro atoms. The predicted molar refractivity (Wildman–Crippen MR) is 150 cm³/mol. The lowest BCUT2D eigenvalue weighted by Crippen LogP contribution is -2.53. The Labute approximate surface area is 230 Å². The van der Waals surface area contributed by atoms with E-state index >= 15 is 0 Å². The van der Waals surface area contributed by atoms with Crippen LogP contribution in [0.3, 0.4) is 0 Å². The number of hydrogen-bond donors (Lipinski definition) is 1. The third-order valence-electron chi connectivity index (χ3n) is 6.21. The zero-order valence-electron chi connectivity index (χ0n) is 21.9. The van der Waals surface area contributed by atoms with E-state index in [0.717, 1.165) is 21.9 Å². The van der Waals surface area contributed by atoms with E-state index in [-0.39, 0.29) is 23.8 Å². The first-order chi connectivity index (χ1) is 18.1. The van der Waals surface area contributed by atoms with Gasteiger partial charge in [0.2, 0.25) is 21.8 Å². The monoisotopic (exact) mass is 555 g/mol. The number of halogens is 1. The van der Waals surface area contributed by atoms with Gasteiger partial charge < -0.3 is 10.2 Å². The fourth-order valence-electron chi connectivity index (χ4n) is 3.99. The summed E-state index contributed by atoms with van der Waals surface area (Å²) < 4.78 is 27.4. The molecule has 3 rings (SSSR count). The summed E-state index contributed by atoms with van der Waals surface area (Å²) >= 11 is 6.43. The zero-order valence-corrected chi connectivity index (χ0v) is 23.5. The quantitative estimate of drug-likeness (QED) is 0.358. The van der Waals surface area contributed by atoms with E-state index in [1.54, 1.807) is 36.4 Å². The van der Waals surface area contributed by atoms with Gasteiger partial charge in [0.05, 0.1) is 11.4 Å². The van der Waals surface area contributed by atoms with E-state index in [1.807, 2.05) is 44.2 Å². The molecule has 0 radical (unpaired) electrons. The molecule has 0 aliphatic rings. The number of rotatable bonds is 12. The van der Waals surface area contributed by atoms with Gasteiger partial charge in [-0.05, 0) is 42.7 Å². The van der Waals surface area contributed by atoms with Gasteiger partial charge >= 0.3 is 0 Å². The molecule has 0 fully saturated rings. The maximum atomic E-state index is 13.8. The van der Waals surface area contributed by atoms with Gasteiger partial charge in [-0.3, -0.25) is 9.59 Å². The molecule has 3 aromatic carbocycles. The second-order valence-corrected chi connectivity index (χ2v) is 11.6. The van der Waals surface area contributed by atoms with E-state index in [2.05, 4.69) is 5.32 Å². The predicted octanol–water partition coefficient (Wildman–Crippen LogP) is 4.44. The third kappa shape index (κ3) is 7.66. The van der Waals surface area contributed by atoms with Gasteiger partial charge in [-0.15, -0.1) is 0 Å². The molecule has 2 amide bonds. The van der Waals surface area contributed by atoms with Crippen molar-refractivity contribution in [2.75, 3.05) is 20.1 Å². The summed E-state index contributed by atoms with van der Waals surface area (Å²) in [5.41, 5.74) is 2.46. The van der Waals surface area contributed by atoms with Crippen LogP contribution in [0, 0.1) is 6.92 Å². The Morgan fingerprint density at radius 1 is 0.947 bits per heavy atom. The average molecular weight is 556 g/mol. The van der Waals surface area contributed by atoms with Crippen molar-refractivity contribution in [3.8, 4) is 0 Å². The molecular formula is C29H34ClN3O4S. The largest absolute Gasteiger partial charge is 0.354 e. The molecule has 0 unspecified atom stereocenters. The molecule has 0 saturated heterocycles. The Morgan fingerprint density at radius 2 is 1.58 bits per heavy atom. The number of carbonyl (C=O) groups excluding carboxylic acids is 2. The smallest absolute Gasteiger partial charge is 0.243 e. The second kappa shape index (κ2) is 13.6. The number of amides is 2. The Balaban J connectivity index is 1.97. The van der Waals surface area contributed by atoms with Crippen molar-refractivity contribution in [3.05, 3.63) is 101 Å². The van der Waals surface area contributed by atoms with Crippen LogP contribution in [0.5, 0.6) is 0 Å². The van der Waals surface area contributed by atoms with Gasteiger partial charge in [-0.1, -0.05) is 84.8 Å². The molecule has 0 saturated carbocycles. The van der Waals surface area contributed by atoms with Gasteiger partial charge in [0.1, 0.15) is 6.04 Å². The standard InChI is InChI=1S/C29H34ClN3O4S/c1-4-18-31-29(35)27(19-23-10-6-5-7-11-23)33(20-24-12-8-9-13-26(24)30)28(34)21-32(3)38(36,37)25-16-14-22(2)15-17-25/h5-17,27H,4,18-21H2,1-3H3,(H,31,35)/t27-/m0/s1. The Bertz CT molecular complexity index is 1330. The van der Waals surface area contributed by atoms with Gasteiger partial charge in [0.25, 0.3) is 0 Å². The van der Waals surface area contributed by atoms with Gasteiger partial charge in [-0.2, -0.15) is 4.31 Å². The number of nitrogens with zero attached hydrogens (tertiary/aromatic N) is 2. The number of hydrogen-bond acceptors (Lipinski definition) is 4. The lowest BCUT2D eigenvalue weighted by Gasteiger charge is -2.33. The topological polar surface area (TPSA) is 86.8 Å². The minimum absolute atomic E-state index is 0.0496. The Morgan fingerprint density at radius 3 is 2.21 bits per heavy atom. The number of carbonyl (C=O) groups is 2. The van der Waals surface area contributed by atoms with Crippen LogP contribution >= 0.6 is 11.6 Å². The minimum Gasteiger partial charge on any atom is -0.354 e. The highest BCUT2D eigenvalue weighted by molar-refractivity contribution is 7.89. The fraction of sp³-hybridized carbons (Fsp3) is 0.310. The Hall–Kier alpha value is -3.20. The van der Waals surface area contributed by atoms with Gasteiger partial charge in [0, 0.05) is 31.6 Å². The van der Waals surface area contributed by atoms with Crippen molar-refractivity contribution in [2.45, 2.75) is 44.2 Å². The second-order valence-electron chi connectivity index (χ2n) is 9.18. The molecule has 3 aromatic rings. The normalized spacial score (nSPS) is 12.2. The first-order valence-corrected chi connectivity index (χ1v) is 14.3. The summed E-state index contributed by atoms with van der Waals surface area (Å²) in [5, 5.41) is 3.36. The molecule has 38 heavy (non-hydrogen) atoms. The SMILES string of the molecule is CCCNC(=O)[C@H](Cc1ccccc1)N(Cc1ccccc1Cl)C(=O)CN(C)S(=O)(=O)c1ccc(C)cc1. The van der Waals surface area contributed by atoms with Crippen LogP contribution in [0.2, 0.25) is 5.02 Å². The molecule has 0 bridgehead atoms. The van der Waals surface area contributed by atoms with Crippen LogP contribution in [0.1, 0.15) is 30.0 Å². The molecule has 9 heteroatoms.